The van der Waals surface area contributed by atoms with Crippen LogP contribution < -0.4 is 20.9 Å². The number of sulfonamides is 1. The lowest BCUT2D eigenvalue weighted by Crippen LogP contribution is -2.37. The van der Waals surface area contributed by atoms with Crippen molar-refractivity contribution in [2.45, 2.75) is 30.9 Å². The van der Waals surface area contributed by atoms with E-state index in [0.717, 1.165) is 5.56 Å². The highest BCUT2D eigenvalue weighted by Crippen LogP contribution is 2.26. The summed E-state index contributed by atoms with van der Waals surface area (Å²) >= 11 is 0. The first kappa shape index (κ1) is 24.0. The highest BCUT2D eigenvalue weighted by Gasteiger charge is 2.19. The molecule has 8 nitrogen and oxygen atoms in total. The molecule has 0 spiro atoms. The number of hydrogen-bond donors (Lipinski definition) is 4. The molecule has 0 aliphatic carbocycles. The third-order valence-corrected chi connectivity index (χ3v) is 5.98. The van der Waals surface area contributed by atoms with Crippen LogP contribution in [0, 0.1) is 5.41 Å². The summed E-state index contributed by atoms with van der Waals surface area (Å²) in [5.74, 6) is 0.116. The minimum Gasteiger partial charge on any atom is -0.481 e. The molecule has 3 aromatic rings. The fourth-order valence-corrected chi connectivity index (χ4v) is 4.04. The van der Waals surface area contributed by atoms with Crippen LogP contribution >= 0.6 is 0 Å². The molecule has 1 atom stereocenters. The van der Waals surface area contributed by atoms with Gasteiger partial charge in [-0.25, -0.2) is 13.6 Å². The van der Waals surface area contributed by atoms with Crippen LogP contribution in [0.1, 0.15) is 24.5 Å². The number of hydrogen-bond acceptors (Lipinski definition) is 5. The number of amides is 1. The van der Waals surface area contributed by atoms with Crippen LogP contribution in [-0.2, 0) is 21.4 Å². The van der Waals surface area contributed by atoms with Crippen molar-refractivity contribution in [3.8, 4) is 16.9 Å². The number of nitrogens with one attached hydrogen (secondary N) is 2. The van der Waals surface area contributed by atoms with Gasteiger partial charge in [-0.2, -0.15) is 0 Å². The quantitative estimate of drug-likeness (QED) is 0.283. The van der Waals surface area contributed by atoms with Crippen LogP contribution in [-0.4, -0.2) is 26.3 Å². The van der Waals surface area contributed by atoms with Crippen molar-refractivity contribution < 1.29 is 17.9 Å². The molecule has 0 aliphatic rings. The van der Waals surface area contributed by atoms with Crippen molar-refractivity contribution >= 4 is 21.8 Å². The number of ether oxygens (including phenoxy) is 1. The van der Waals surface area contributed by atoms with E-state index in [1.165, 1.54) is 6.07 Å². The van der Waals surface area contributed by atoms with Gasteiger partial charge >= 0.3 is 0 Å². The first-order valence-corrected chi connectivity index (χ1v) is 11.8. The Bertz CT molecular complexity index is 1260. The van der Waals surface area contributed by atoms with Gasteiger partial charge in [-0.1, -0.05) is 61.5 Å². The van der Waals surface area contributed by atoms with E-state index in [2.05, 4.69) is 5.32 Å². The maximum atomic E-state index is 12.6. The van der Waals surface area contributed by atoms with Gasteiger partial charge in [-0.05, 0) is 35.7 Å². The van der Waals surface area contributed by atoms with Gasteiger partial charge in [0.2, 0.25) is 10.0 Å². The van der Waals surface area contributed by atoms with Crippen molar-refractivity contribution in [1.29, 1.82) is 5.41 Å². The molecule has 0 aliphatic heterocycles. The number of carbonyl (C=O) groups excluding carboxylic acids is 1. The van der Waals surface area contributed by atoms with Gasteiger partial charge in [-0.15, -0.1) is 0 Å². The first-order valence-electron chi connectivity index (χ1n) is 10.3. The van der Waals surface area contributed by atoms with E-state index in [4.69, 9.17) is 21.0 Å². The molecule has 1 amide bonds. The summed E-state index contributed by atoms with van der Waals surface area (Å²) in [6.45, 7) is 2.13. The van der Waals surface area contributed by atoms with Crippen LogP contribution in [0.3, 0.4) is 0 Å². The number of rotatable bonds is 9. The lowest BCUT2D eigenvalue weighted by Gasteiger charge is -2.18. The molecule has 0 heterocycles. The molecule has 0 saturated heterocycles. The molecule has 3 rings (SSSR count). The van der Waals surface area contributed by atoms with E-state index in [-0.39, 0.29) is 23.2 Å². The van der Waals surface area contributed by atoms with E-state index in [1.54, 1.807) is 54.6 Å². The third-order valence-electron chi connectivity index (χ3n) is 5.01. The number of nitrogen functional groups attached to an aromatic ring is 1. The van der Waals surface area contributed by atoms with Crippen LogP contribution in [0.4, 0.5) is 0 Å². The fraction of sp³-hybridized carbons (Fsp3) is 0.167. The summed E-state index contributed by atoms with van der Waals surface area (Å²) in [5.41, 5.74) is 8.09. The monoisotopic (exact) mass is 466 g/mol. The third kappa shape index (κ3) is 6.18. The van der Waals surface area contributed by atoms with E-state index >= 15 is 0 Å². The van der Waals surface area contributed by atoms with Crippen LogP contribution in [0.2, 0.25) is 0 Å². The molecular formula is C24H26N4O4S. The van der Waals surface area contributed by atoms with Gasteiger partial charge < -0.3 is 15.8 Å². The van der Waals surface area contributed by atoms with Gasteiger partial charge in [0.05, 0.1) is 4.90 Å². The standard InChI is InChI=1S/C24H26N4O4S/c1-2-21(32-19-7-5-6-18(14-19)23(25)26)24(29)28-15-16-10-12-17(13-11-16)20-8-3-4-9-22(20)33(27,30)31/h3-14,21H,2,15H2,1H3,(H3,25,26)(H,28,29)(H2,27,30,31). The Morgan fingerprint density at radius 3 is 2.39 bits per heavy atom. The van der Waals surface area contributed by atoms with E-state index in [0.29, 0.717) is 28.9 Å². The Labute approximate surface area is 193 Å². The molecule has 3 aromatic carbocycles. The molecule has 0 fully saturated rings. The molecule has 9 heteroatoms. The molecular weight excluding hydrogens is 440 g/mol. The molecule has 0 bridgehead atoms. The molecule has 0 aromatic heterocycles. The summed E-state index contributed by atoms with van der Waals surface area (Å²) in [7, 11) is -3.85. The smallest absolute Gasteiger partial charge is 0.261 e. The molecule has 1 unspecified atom stereocenters. The summed E-state index contributed by atoms with van der Waals surface area (Å²) in [6, 6.07) is 20.5. The minimum absolute atomic E-state index is 0.0582. The van der Waals surface area contributed by atoms with Crippen molar-refractivity contribution in [3.05, 3.63) is 83.9 Å². The Kier molecular flexibility index (Phi) is 7.47. The van der Waals surface area contributed by atoms with Gasteiger partial charge in [-0.3, -0.25) is 10.2 Å². The predicted octanol–water partition coefficient (Wildman–Crippen LogP) is 2.76. The fourth-order valence-electron chi connectivity index (χ4n) is 3.28. The molecule has 0 saturated carbocycles. The average Bonchev–Trinajstić information content (AvgIpc) is 2.81. The number of benzene rings is 3. The molecule has 0 radical (unpaired) electrons. The highest BCUT2D eigenvalue weighted by molar-refractivity contribution is 7.89. The Morgan fingerprint density at radius 2 is 1.76 bits per heavy atom. The van der Waals surface area contributed by atoms with Gasteiger partial charge in [0.25, 0.3) is 5.91 Å². The lowest BCUT2D eigenvalue weighted by molar-refractivity contribution is -0.128. The van der Waals surface area contributed by atoms with Crippen LogP contribution in [0.15, 0.2) is 77.7 Å². The highest BCUT2D eigenvalue weighted by atomic mass is 32.2. The topological polar surface area (TPSA) is 148 Å². The zero-order valence-electron chi connectivity index (χ0n) is 18.1. The maximum absolute atomic E-state index is 12.6. The summed E-state index contributed by atoms with van der Waals surface area (Å²) in [6.07, 6.45) is -0.243. The Morgan fingerprint density at radius 1 is 1.06 bits per heavy atom. The van der Waals surface area contributed by atoms with Crippen molar-refractivity contribution in [2.75, 3.05) is 0 Å². The second-order valence-corrected chi connectivity index (χ2v) is 8.94. The van der Waals surface area contributed by atoms with Crippen LogP contribution in [0.25, 0.3) is 11.1 Å². The number of carbonyl (C=O) groups is 1. The minimum atomic E-state index is -3.85. The number of primary sulfonamides is 1. The molecule has 33 heavy (non-hydrogen) atoms. The van der Waals surface area contributed by atoms with Crippen molar-refractivity contribution in [1.82, 2.24) is 5.32 Å². The zero-order chi connectivity index (χ0) is 24.0. The zero-order valence-corrected chi connectivity index (χ0v) is 18.9. The summed E-state index contributed by atoms with van der Waals surface area (Å²) in [5, 5.41) is 15.7. The number of nitrogens with two attached hydrogens (primary N) is 2. The Hall–Kier alpha value is -3.69. The summed E-state index contributed by atoms with van der Waals surface area (Å²) in [4.78, 5) is 12.7. The normalized spacial score (nSPS) is 12.1. The maximum Gasteiger partial charge on any atom is 0.261 e. The second-order valence-electron chi connectivity index (χ2n) is 7.41. The largest absolute Gasteiger partial charge is 0.481 e. The first-order chi connectivity index (χ1) is 15.7. The SMILES string of the molecule is CCC(Oc1cccc(C(=N)N)c1)C(=O)NCc1ccc(-c2ccccc2S(N)(=O)=O)cc1. The van der Waals surface area contributed by atoms with Gasteiger partial charge in [0, 0.05) is 17.7 Å². The van der Waals surface area contributed by atoms with Crippen LogP contribution in [0.5, 0.6) is 5.75 Å². The molecule has 6 N–H and O–H groups in total. The predicted molar refractivity (Wildman–Crippen MR) is 127 cm³/mol. The van der Waals surface area contributed by atoms with Gasteiger partial charge in [0.15, 0.2) is 6.10 Å². The Balaban J connectivity index is 1.66. The van der Waals surface area contributed by atoms with Gasteiger partial charge in [0.1, 0.15) is 11.6 Å². The van der Waals surface area contributed by atoms with E-state index in [1.807, 2.05) is 19.1 Å². The van der Waals surface area contributed by atoms with E-state index in [9.17, 15) is 13.2 Å². The average molecular weight is 467 g/mol. The molecule has 172 valence electrons. The van der Waals surface area contributed by atoms with Crippen molar-refractivity contribution in [2.24, 2.45) is 10.9 Å². The lowest BCUT2D eigenvalue weighted by atomic mass is 10.0. The summed E-state index contributed by atoms with van der Waals surface area (Å²) < 4.78 is 29.5. The second kappa shape index (κ2) is 10.3. The van der Waals surface area contributed by atoms with E-state index < -0.39 is 16.1 Å². The van der Waals surface area contributed by atoms with Crippen molar-refractivity contribution in [3.63, 3.8) is 0 Å². The number of amidine groups is 1.